The Bertz CT molecular complexity index is 1330. The maximum atomic E-state index is 13.9. The Hall–Kier alpha value is -3.70. The molecule has 0 saturated carbocycles. The number of halogens is 1. The summed E-state index contributed by atoms with van der Waals surface area (Å²) in [5.74, 6) is 0.556. The van der Waals surface area contributed by atoms with E-state index in [4.69, 9.17) is 16.3 Å². The number of methoxy groups -OCH3 is 1. The molecule has 0 fully saturated rings. The van der Waals surface area contributed by atoms with E-state index in [2.05, 4.69) is 65.5 Å². The normalized spacial score (nSPS) is 14.7. The number of ether oxygens (including phenoxy) is 1. The number of anilines is 1. The second-order valence-corrected chi connectivity index (χ2v) is 8.77. The molecule has 0 aliphatic carbocycles. The fourth-order valence-electron chi connectivity index (χ4n) is 4.59. The first kappa shape index (κ1) is 22.1. The van der Waals surface area contributed by atoms with Gasteiger partial charge in [-0.05, 0) is 59.5 Å². The van der Waals surface area contributed by atoms with E-state index >= 15 is 0 Å². The van der Waals surface area contributed by atoms with E-state index in [0.29, 0.717) is 23.0 Å². The van der Waals surface area contributed by atoms with E-state index in [1.807, 2.05) is 23.1 Å². The van der Waals surface area contributed by atoms with E-state index < -0.39 is 0 Å². The maximum Gasteiger partial charge on any atom is 0.323 e. The molecular formula is C28H26ClN3O2. The van der Waals surface area contributed by atoms with Crippen molar-refractivity contribution in [1.29, 1.82) is 0 Å². The summed E-state index contributed by atoms with van der Waals surface area (Å²) in [4.78, 5) is 15.7. The van der Waals surface area contributed by atoms with Crippen molar-refractivity contribution in [2.45, 2.75) is 25.9 Å². The molecule has 2 heterocycles. The summed E-state index contributed by atoms with van der Waals surface area (Å²) in [6.45, 7) is 2.59. The van der Waals surface area contributed by atoms with Crippen LogP contribution in [0.5, 0.6) is 5.75 Å². The average Bonchev–Trinajstić information content (AvgIpc) is 3.28. The quantitative estimate of drug-likeness (QED) is 0.354. The van der Waals surface area contributed by atoms with Gasteiger partial charge in [0.2, 0.25) is 0 Å². The molecular weight excluding hydrogens is 446 g/mol. The van der Waals surface area contributed by atoms with E-state index in [0.717, 1.165) is 28.9 Å². The number of carbonyl (C=O) groups excluding carboxylic acids is 1. The molecule has 6 heteroatoms. The third kappa shape index (κ3) is 4.03. The number of nitrogens with zero attached hydrogens (tertiary/aromatic N) is 2. The lowest BCUT2D eigenvalue weighted by Gasteiger charge is -2.31. The van der Waals surface area contributed by atoms with Crippen molar-refractivity contribution in [3.63, 3.8) is 0 Å². The topological polar surface area (TPSA) is 46.5 Å². The number of hydrogen-bond donors (Lipinski definition) is 1. The van der Waals surface area contributed by atoms with Gasteiger partial charge in [0, 0.05) is 16.9 Å². The predicted octanol–water partition coefficient (Wildman–Crippen LogP) is 6.84. The maximum absolute atomic E-state index is 13.9. The number of benzene rings is 3. The molecule has 3 aromatic carbocycles. The van der Waals surface area contributed by atoms with Crippen molar-refractivity contribution < 1.29 is 9.53 Å². The SMILES string of the molecule is CCc1ccc(C2c3cccn3-c3ccccc3CN2C(=O)Nc2cc(Cl)ccc2OC)cc1. The van der Waals surface area contributed by atoms with Gasteiger partial charge in [0.1, 0.15) is 5.75 Å². The Kier molecular flexibility index (Phi) is 6.03. The second-order valence-electron chi connectivity index (χ2n) is 8.33. The molecule has 5 nitrogen and oxygen atoms in total. The highest BCUT2D eigenvalue weighted by molar-refractivity contribution is 6.31. The van der Waals surface area contributed by atoms with Gasteiger partial charge in [-0.15, -0.1) is 0 Å². The minimum absolute atomic E-state index is 0.227. The minimum atomic E-state index is -0.279. The molecule has 2 amide bonds. The highest BCUT2D eigenvalue weighted by Crippen LogP contribution is 2.37. The molecule has 1 unspecified atom stereocenters. The molecule has 0 saturated heterocycles. The summed E-state index contributed by atoms with van der Waals surface area (Å²) >= 11 is 6.22. The average molecular weight is 472 g/mol. The van der Waals surface area contributed by atoms with Gasteiger partial charge in [-0.2, -0.15) is 0 Å². The number of aryl methyl sites for hydroxylation is 1. The van der Waals surface area contributed by atoms with Crippen LogP contribution in [0, 0.1) is 0 Å². The van der Waals surface area contributed by atoms with Gasteiger partial charge in [0.05, 0.1) is 31.1 Å². The lowest BCUT2D eigenvalue weighted by Crippen LogP contribution is -2.38. The largest absolute Gasteiger partial charge is 0.495 e. The van der Waals surface area contributed by atoms with Crippen LogP contribution >= 0.6 is 11.6 Å². The van der Waals surface area contributed by atoms with E-state index in [1.54, 1.807) is 25.3 Å². The summed E-state index contributed by atoms with van der Waals surface area (Å²) in [6, 6.07) is 25.5. The summed E-state index contributed by atoms with van der Waals surface area (Å²) in [5.41, 5.74) is 6.03. The first-order valence-electron chi connectivity index (χ1n) is 11.3. The molecule has 1 atom stereocenters. The standard InChI is InChI=1S/C28H26ClN3O2/c1-3-19-10-12-20(13-11-19)27-25-9-6-16-31(25)24-8-5-4-7-21(24)18-32(27)28(33)30-23-17-22(29)14-15-26(23)34-2/h4-17,27H,3,18H2,1-2H3,(H,30,33). The molecule has 0 bridgehead atoms. The molecule has 1 aromatic heterocycles. The predicted molar refractivity (Wildman–Crippen MR) is 136 cm³/mol. The fraction of sp³-hybridized carbons (Fsp3) is 0.179. The van der Waals surface area contributed by atoms with Crippen LogP contribution in [0.15, 0.2) is 85.1 Å². The molecule has 34 heavy (non-hydrogen) atoms. The Morgan fingerprint density at radius 3 is 2.62 bits per heavy atom. The van der Waals surface area contributed by atoms with E-state index in [1.165, 1.54) is 5.56 Å². The van der Waals surface area contributed by atoms with Crippen LogP contribution in [0.1, 0.15) is 35.3 Å². The van der Waals surface area contributed by atoms with E-state index in [-0.39, 0.29) is 12.1 Å². The zero-order valence-electron chi connectivity index (χ0n) is 19.2. The number of para-hydroxylation sites is 1. The number of rotatable bonds is 4. The van der Waals surface area contributed by atoms with Crippen LogP contribution in [0.2, 0.25) is 5.02 Å². The Morgan fingerprint density at radius 1 is 1.06 bits per heavy atom. The van der Waals surface area contributed by atoms with Gasteiger partial charge in [0.15, 0.2) is 0 Å². The number of fused-ring (bicyclic) bond motifs is 3. The number of aromatic nitrogens is 1. The lowest BCUT2D eigenvalue weighted by atomic mass is 10.00. The van der Waals surface area contributed by atoms with Gasteiger partial charge in [0.25, 0.3) is 0 Å². The van der Waals surface area contributed by atoms with Gasteiger partial charge < -0.3 is 19.5 Å². The number of hydrogen-bond acceptors (Lipinski definition) is 2. The van der Waals surface area contributed by atoms with Gasteiger partial charge in [-0.1, -0.05) is 61.0 Å². The Morgan fingerprint density at radius 2 is 1.85 bits per heavy atom. The van der Waals surface area contributed by atoms with Crippen molar-refractivity contribution >= 4 is 23.3 Å². The molecule has 1 N–H and O–H groups in total. The van der Waals surface area contributed by atoms with Gasteiger partial charge in [-0.3, -0.25) is 0 Å². The Balaban J connectivity index is 1.62. The first-order chi connectivity index (χ1) is 16.6. The van der Waals surface area contributed by atoms with Gasteiger partial charge in [-0.25, -0.2) is 4.79 Å². The summed E-state index contributed by atoms with van der Waals surface area (Å²) < 4.78 is 7.64. The first-order valence-corrected chi connectivity index (χ1v) is 11.7. The van der Waals surface area contributed by atoms with Crippen LogP contribution in [0.25, 0.3) is 5.69 Å². The molecule has 172 valence electrons. The second kappa shape index (κ2) is 9.27. The van der Waals surface area contributed by atoms with Crippen LogP contribution in [0.3, 0.4) is 0 Å². The summed E-state index contributed by atoms with van der Waals surface area (Å²) in [7, 11) is 1.58. The number of amides is 2. The fourth-order valence-corrected chi connectivity index (χ4v) is 4.76. The molecule has 5 rings (SSSR count). The Labute approximate surface area is 204 Å². The summed E-state index contributed by atoms with van der Waals surface area (Å²) in [5, 5.41) is 3.57. The van der Waals surface area contributed by atoms with Crippen molar-refractivity contribution in [3.05, 3.63) is 112 Å². The third-order valence-corrected chi connectivity index (χ3v) is 6.57. The van der Waals surface area contributed by atoms with Crippen molar-refractivity contribution in [1.82, 2.24) is 9.47 Å². The van der Waals surface area contributed by atoms with Crippen molar-refractivity contribution in [3.8, 4) is 11.4 Å². The molecule has 0 radical (unpaired) electrons. The summed E-state index contributed by atoms with van der Waals surface area (Å²) in [6.07, 6.45) is 3.02. The van der Waals surface area contributed by atoms with Gasteiger partial charge >= 0.3 is 6.03 Å². The number of nitrogens with one attached hydrogen (secondary N) is 1. The smallest absolute Gasteiger partial charge is 0.323 e. The third-order valence-electron chi connectivity index (χ3n) is 6.33. The highest BCUT2D eigenvalue weighted by atomic mass is 35.5. The lowest BCUT2D eigenvalue weighted by molar-refractivity contribution is 0.194. The zero-order chi connectivity index (χ0) is 23.7. The molecule has 1 aliphatic rings. The number of carbonyl (C=O) groups is 1. The molecule has 4 aromatic rings. The van der Waals surface area contributed by atoms with E-state index in [9.17, 15) is 4.79 Å². The molecule has 0 spiro atoms. The zero-order valence-corrected chi connectivity index (χ0v) is 19.9. The van der Waals surface area contributed by atoms with Crippen molar-refractivity contribution in [2.24, 2.45) is 0 Å². The van der Waals surface area contributed by atoms with Crippen LogP contribution in [0.4, 0.5) is 10.5 Å². The van der Waals surface area contributed by atoms with Crippen molar-refractivity contribution in [2.75, 3.05) is 12.4 Å². The monoisotopic (exact) mass is 471 g/mol. The molecule has 1 aliphatic heterocycles. The van der Waals surface area contributed by atoms with Crippen LogP contribution in [-0.2, 0) is 13.0 Å². The highest BCUT2D eigenvalue weighted by Gasteiger charge is 2.33. The van der Waals surface area contributed by atoms with Crippen LogP contribution < -0.4 is 10.1 Å². The minimum Gasteiger partial charge on any atom is -0.495 e. The number of urea groups is 1. The van der Waals surface area contributed by atoms with Crippen LogP contribution in [-0.4, -0.2) is 22.6 Å².